The molecule has 0 fully saturated rings. The van der Waals surface area contributed by atoms with Crippen molar-refractivity contribution in [3.05, 3.63) is 0 Å². The fourth-order valence-corrected chi connectivity index (χ4v) is 4.25. The predicted octanol–water partition coefficient (Wildman–Crippen LogP) is 6.73. The maximum atomic E-state index is 12.8. The summed E-state index contributed by atoms with van der Waals surface area (Å²) >= 11 is 3.36. The first-order chi connectivity index (χ1) is 16.3. The minimum Gasteiger partial charge on any atom is -0.454 e. The van der Waals surface area contributed by atoms with E-state index in [1.54, 1.807) is 0 Å². The van der Waals surface area contributed by atoms with Crippen molar-refractivity contribution in [2.45, 2.75) is 136 Å². The van der Waals surface area contributed by atoms with Gasteiger partial charge in [-0.2, -0.15) is 0 Å². The van der Waals surface area contributed by atoms with Gasteiger partial charge in [-0.15, -0.1) is 0 Å². The van der Waals surface area contributed by atoms with Crippen LogP contribution in [0.3, 0.4) is 0 Å². The molecule has 0 rings (SSSR count). The van der Waals surface area contributed by atoms with E-state index in [2.05, 4.69) is 29.8 Å². The minimum atomic E-state index is -0.921. The van der Waals surface area contributed by atoms with Gasteiger partial charge in [0.15, 0.2) is 11.9 Å². The van der Waals surface area contributed by atoms with Crippen LogP contribution in [0, 0.1) is 11.3 Å². The Morgan fingerprint density at radius 2 is 1.37 bits per heavy atom. The zero-order valence-corrected chi connectivity index (χ0v) is 24.3. The molecule has 0 aliphatic carbocycles. The van der Waals surface area contributed by atoms with Gasteiger partial charge in [-0.3, -0.25) is 24.0 Å². The fraction of sp³-hybridized carbons (Fsp3) is 0.821. The van der Waals surface area contributed by atoms with Gasteiger partial charge in [0, 0.05) is 30.6 Å². The highest BCUT2D eigenvalue weighted by Crippen LogP contribution is 2.30. The van der Waals surface area contributed by atoms with Crippen molar-refractivity contribution in [2.75, 3.05) is 0 Å². The Morgan fingerprint density at radius 1 is 0.800 bits per heavy atom. The Hall–Kier alpha value is -1.37. The van der Waals surface area contributed by atoms with Gasteiger partial charge in [0.1, 0.15) is 22.2 Å². The van der Waals surface area contributed by atoms with Crippen molar-refractivity contribution in [3.8, 4) is 0 Å². The number of carbonyl (C=O) groups is 5. The molecule has 7 heteroatoms. The molecule has 3 unspecified atom stereocenters. The molecule has 0 aliphatic rings. The van der Waals surface area contributed by atoms with Gasteiger partial charge in [0.2, 0.25) is 0 Å². The molecule has 0 saturated carbocycles. The highest BCUT2D eigenvalue weighted by atomic mass is 79.9. The Bertz CT molecular complexity index is 700. The molecule has 0 aromatic carbocycles. The summed E-state index contributed by atoms with van der Waals surface area (Å²) in [5.41, 5.74) is -0.613. The number of hydrogen-bond donors (Lipinski definition) is 0. The lowest BCUT2D eigenvalue weighted by atomic mass is 9.77. The zero-order valence-electron chi connectivity index (χ0n) is 22.8. The summed E-state index contributed by atoms with van der Waals surface area (Å²) < 4.78 is 5.59. The standard InChI is InChI=1S/C28H47BrO6/c1-7-9-11-13-23(32)16-18-26(25(33)14-12-10-8-2)35-27(34)24(29)17-15-22(20(3)30)19-28(5,6)21(4)31/h22,24,26H,7-19H2,1-6H3. The van der Waals surface area contributed by atoms with E-state index in [0.717, 1.165) is 38.5 Å². The smallest absolute Gasteiger partial charge is 0.320 e. The fourth-order valence-electron chi connectivity index (χ4n) is 3.87. The molecule has 0 N–H and O–H groups in total. The molecule has 0 amide bonds. The number of hydrogen-bond acceptors (Lipinski definition) is 6. The van der Waals surface area contributed by atoms with Gasteiger partial charge in [0.05, 0.1) is 0 Å². The first-order valence-electron chi connectivity index (χ1n) is 13.3. The van der Waals surface area contributed by atoms with E-state index in [-0.39, 0.29) is 41.9 Å². The third-order valence-corrected chi connectivity index (χ3v) is 7.53. The molecule has 35 heavy (non-hydrogen) atoms. The number of unbranched alkanes of at least 4 members (excludes halogenated alkanes) is 4. The molecule has 0 spiro atoms. The largest absolute Gasteiger partial charge is 0.454 e. The van der Waals surface area contributed by atoms with Crippen LogP contribution in [0.1, 0.15) is 125 Å². The molecule has 0 saturated heterocycles. The van der Waals surface area contributed by atoms with Crippen LogP contribution in [0.4, 0.5) is 0 Å². The maximum absolute atomic E-state index is 12.8. The number of esters is 1. The lowest BCUT2D eigenvalue weighted by Gasteiger charge is -2.26. The van der Waals surface area contributed by atoms with Crippen LogP contribution in [-0.4, -0.2) is 40.0 Å². The highest BCUT2D eigenvalue weighted by molar-refractivity contribution is 9.10. The van der Waals surface area contributed by atoms with Crippen molar-refractivity contribution < 1.29 is 28.7 Å². The third-order valence-electron chi connectivity index (χ3n) is 6.70. The number of ketones is 4. The van der Waals surface area contributed by atoms with E-state index >= 15 is 0 Å². The molecule has 0 radical (unpaired) electrons. The van der Waals surface area contributed by atoms with Gasteiger partial charge in [-0.05, 0) is 52.4 Å². The lowest BCUT2D eigenvalue weighted by molar-refractivity contribution is -0.155. The summed E-state index contributed by atoms with van der Waals surface area (Å²) in [6, 6.07) is 0. The molecular weight excluding hydrogens is 512 g/mol. The summed E-state index contributed by atoms with van der Waals surface area (Å²) in [5, 5.41) is 0. The molecule has 0 bridgehead atoms. The van der Waals surface area contributed by atoms with Gasteiger partial charge >= 0.3 is 5.97 Å². The van der Waals surface area contributed by atoms with Gasteiger partial charge in [-0.25, -0.2) is 0 Å². The normalized spacial score (nSPS) is 14.1. The Morgan fingerprint density at radius 3 is 1.89 bits per heavy atom. The second kappa shape index (κ2) is 18.0. The predicted molar refractivity (Wildman–Crippen MR) is 143 cm³/mol. The van der Waals surface area contributed by atoms with E-state index in [1.807, 2.05) is 13.8 Å². The zero-order chi connectivity index (χ0) is 27.0. The number of halogens is 1. The molecule has 0 aromatic rings. The van der Waals surface area contributed by atoms with E-state index in [1.165, 1.54) is 13.8 Å². The molecule has 0 aromatic heterocycles. The molecule has 6 nitrogen and oxygen atoms in total. The number of Topliss-reactive ketones (excluding diaryl/α,β-unsaturated/α-hetero) is 4. The quantitative estimate of drug-likeness (QED) is 0.0879. The average Bonchev–Trinajstić information content (AvgIpc) is 2.78. The van der Waals surface area contributed by atoms with Crippen LogP contribution in [-0.2, 0) is 28.7 Å². The molecule has 0 heterocycles. The Balaban J connectivity index is 5.05. The highest BCUT2D eigenvalue weighted by Gasteiger charge is 2.32. The second-order valence-electron chi connectivity index (χ2n) is 10.4. The van der Waals surface area contributed by atoms with E-state index in [4.69, 9.17) is 4.74 Å². The van der Waals surface area contributed by atoms with E-state index in [9.17, 15) is 24.0 Å². The van der Waals surface area contributed by atoms with Crippen molar-refractivity contribution in [1.82, 2.24) is 0 Å². The molecule has 3 atom stereocenters. The lowest BCUT2D eigenvalue weighted by Crippen LogP contribution is -2.32. The number of ether oxygens (including phenoxy) is 1. The van der Waals surface area contributed by atoms with Crippen LogP contribution < -0.4 is 0 Å². The maximum Gasteiger partial charge on any atom is 0.320 e. The van der Waals surface area contributed by atoms with Gasteiger partial charge < -0.3 is 4.74 Å². The molecule has 0 aliphatic heterocycles. The first kappa shape index (κ1) is 33.6. The summed E-state index contributed by atoms with van der Waals surface area (Å²) in [7, 11) is 0. The Kier molecular flexibility index (Phi) is 17.3. The van der Waals surface area contributed by atoms with Crippen LogP contribution in [0.25, 0.3) is 0 Å². The molecular formula is C28H47BrO6. The second-order valence-corrected chi connectivity index (χ2v) is 11.5. The van der Waals surface area contributed by atoms with Crippen molar-refractivity contribution in [3.63, 3.8) is 0 Å². The number of carbonyl (C=O) groups excluding carboxylic acids is 5. The summed E-state index contributed by atoms with van der Waals surface area (Å²) in [6.45, 7) is 10.8. The van der Waals surface area contributed by atoms with Crippen molar-refractivity contribution >= 4 is 45.0 Å². The summed E-state index contributed by atoms with van der Waals surface area (Å²) in [4.78, 5) is 61.1. The monoisotopic (exact) mass is 558 g/mol. The van der Waals surface area contributed by atoms with Crippen LogP contribution >= 0.6 is 15.9 Å². The number of rotatable bonds is 21. The van der Waals surface area contributed by atoms with Crippen LogP contribution in [0.5, 0.6) is 0 Å². The van der Waals surface area contributed by atoms with Crippen LogP contribution in [0.2, 0.25) is 0 Å². The van der Waals surface area contributed by atoms with Gasteiger partial charge in [-0.1, -0.05) is 69.3 Å². The van der Waals surface area contributed by atoms with Crippen LogP contribution in [0.15, 0.2) is 0 Å². The van der Waals surface area contributed by atoms with E-state index < -0.39 is 22.3 Å². The number of alkyl halides is 1. The third kappa shape index (κ3) is 14.7. The topological polar surface area (TPSA) is 94.6 Å². The van der Waals surface area contributed by atoms with Crippen molar-refractivity contribution in [2.24, 2.45) is 11.3 Å². The molecule has 202 valence electrons. The summed E-state index contributed by atoms with van der Waals surface area (Å²) in [6.07, 6.45) is 7.04. The van der Waals surface area contributed by atoms with Crippen molar-refractivity contribution in [1.29, 1.82) is 0 Å². The van der Waals surface area contributed by atoms with Gasteiger partial charge in [0.25, 0.3) is 0 Å². The SMILES string of the molecule is CCCCCC(=O)CCC(OC(=O)C(Br)CCC(CC(C)(C)C(C)=O)C(C)=O)C(=O)CCCCC. The minimum absolute atomic E-state index is 0.0158. The first-order valence-corrected chi connectivity index (χ1v) is 14.2. The summed E-state index contributed by atoms with van der Waals surface area (Å²) in [5.74, 6) is -0.934. The van der Waals surface area contributed by atoms with E-state index in [0.29, 0.717) is 32.1 Å². The average molecular weight is 560 g/mol. The Labute approximate surface area is 220 Å².